The molecule has 2 fully saturated rings. The van der Waals surface area contributed by atoms with Gasteiger partial charge in [-0.3, -0.25) is 9.69 Å². The van der Waals surface area contributed by atoms with E-state index in [2.05, 4.69) is 30.5 Å². The van der Waals surface area contributed by atoms with E-state index in [1.807, 2.05) is 18.7 Å². The Bertz CT molecular complexity index is 365. The third kappa shape index (κ3) is 3.74. The first-order valence-electron chi connectivity index (χ1n) is 8.29. The molecule has 1 atom stereocenters. The number of amides is 1. The van der Waals surface area contributed by atoms with E-state index in [-0.39, 0.29) is 22.7 Å². The number of nitrogens with zero attached hydrogens (tertiary/aromatic N) is 2. The second kappa shape index (κ2) is 6.88. The van der Waals surface area contributed by atoms with Crippen LogP contribution in [0.1, 0.15) is 40.5 Å². The first-order valence-corrected chi connectivity index (χ1v) is 9.27. The molecule has 2 N–H and O–H groups in total. The van der Waals surface area contributed by atoms with Crippen LogP contribution in [-0.2, 0) is 4.79 Å². The minimum atomic E-state index is -0.345. The van der Waals surface area contributed by atoms with Gasteiger partial charge in [-0.2, -0.15) is 0 Å². The van der Waals surface area contributed by atoms with E-state index in [1.54, 1.807) is 0 Å². The summed E-state index contributed by atoms with van der Waals surface area (Å²) in [5.41, 5.74) is 6.02. The van der Waals surface area contributed by atoms with E-state index in [0.717, 1.165) is 25.9 Å². The Labute approximate surface area is 133 Å². The lowest BCUT2D eigenvalue weighted by Gasteiger charge is -2.45. The molecule has 2 aliphatic rings. The maximum absolute atomic E-state index is 12.4. The lowest BCUT2D eigenvalue weighted by atomic mass is 9.98. The number of carbonyl (C=O) groups excluding carboxylic acids is 1. The van der Waals surface area contributed by atoms with Gasteiger partial charge in [-0.25, -0.2) is 0 Å². The summed E-state index contributed by atoms with van der Waals surface area (Å²) < 4.78 is 0. The fourth-order valence-electron chi connectivity index (χ4n) is 3.37. The number of nitrogens with two attached hydrogens (primary N) is 1. The number of rotatable bonds is 4. The molecule has 0 bridgehead atoms. The summed E-state index contributed by atoms with van der Waals surface area (Å²) in [5.74, 6) is 2.28. The van der Waals surface area contributed by atoms with Crippen molar-refractivity contribution in [3.63, 3.8) is 0 Å². The lowest BCUT2D eigenvalue weighted by Crippen LogP contribution is -2.55. The van der Waals surface area contributed by atoms with E-state index in [9.17, 15) is 4.79 Å². The summed E-state index contributed by atoms with van der Waals surface area (Å²) in [6.45, 7) is 12.7. The number of carbonyl (C=O) groups is 1. The van der Waals surface area contributed by atoms with Crippen molar-refractivity contribution in [1.82, 2.24) is 9.80 Å². The Morgan fingerprint density at radius 3 is 2.33 bits per heavy atom. The van der Waals surface area contributed by atoms with Crippen LogP contribution in [0, 0.1) is 11.8 Å². The molecule has 0 radical (unpaired) electrons. The molecule has 2 heterocycles. The van der Waals surface area contributed by atoms with Gasteiger partial charge in [0, 0.05) is 31.9 Å². The number of thioether (sulfide) groups is 1. The summed E-state index contributed by atoms with van der Waals surface area (Å²) in [4.78, 5) is 17.3. The number of hydrogen-bond acceptors (Lipinski definition) is 4. The molecule has 122 valence electrons. The highest BCUT2D eigenvalue weighted by Gasteiger charge is 2.44. The maximum Gasteiger partial charge on any atom is 0.239 e. The second-order valence-electron chi connectivity index (χ2n) is 7.23. The van der Waals surface area contributed by atoms with Crippen LogP contribution < -0.4 is 5.73 Å². The van der Waals surface area contributed by atoms with Crippen LogP contribution >= 0.6 is 11.8 Å². The Balaban J connectivity index is 1.94. The number of piperidine rings is 1. The SMILES string of the molecule is CC(C)CN1CCSC12CCN(C(=O)[C@@H](N)C(C)C)CC2. The molecule has 0 aromatic heterocycles. The van der Waals surface area contributed by atoms with Gasteiger partial charge in [0.15, 0.2) is 0 Å². The fraction of sp³-hybridized carbons (Fsp3) is 0.938. The van der Waals surface area contributed by atoms with E-state index in [0.29, 0.717) is 5.92 Å². The molecule has 2 saturated heterocycles. The van der Waals surface area contributed by atoms with Gasteiger partial charge in [0.2, 0.25) is 5.91 Å². The van der Waals surface area contributed by atoms with Crippen LogP contribution in [0.25, 0.3) is 0 Å². The second-order valence-corrected chi connectivity index (χ2v) is 8.69. The molecule has 2 aliphatic heterocycles. The lowest BCUT2D eigenvalue weighted by molar-refractivity contribution is -0.135. The van der Waals surface area contributed by atoms with Crippen molar-refractivity contribution in [1.29, 1.82) is 0 Å². The Morgan fingerprint density at radius 2 is 1.81 bits per heavy atom. The molecule has 0 aliphatic carbocycles. The maximum atomic E-state index is 12.4. The van der Waals surface area contributed by atoms with Gasteiger partial charge in [0.05, 0.1) is 10.9 Å². The highest BCUT2D eigenvalue weighted by molar-refractivity contribution is 8.00. The molecule has 1 amide bonds. The van der Waals surface area contributed by atoms with Crippen molar-refractivity contribution in [3.8, 4) is 0 Å². The first kappa shape index (κ1) is 17.1. The normalized spacial score (nSPS) is 24.2. The van der Waals surface area contributed by atoms with Crippen molar-refractivity contribution < 1.29 is 4.79 Å². The quantitative estimate of drug-likeness (QED) is 0.862. The third-order valence-electron chi connectivity index (χ3n) is 4.75. The number of hydrogen-bond donors (Lipinski definition) is 1. The first-order chi connectivity index (χ1) is 9.85. The molecule has 5 heteroatoms. The van der Waals surface area contributed by atoms with Crippen LogP contribution in [0.4, 0.5) is 0 Å². The van der Waals surface area contributed by atoms with Gasteiger partial charge in [0.25, 0.3) is 0 Å². The number of likely N-dealkylation sites (tertiary alicyclic amines) is 1. The molecular weight excluding hydrogens is 282 g/mol. The van der Waals surface area contributed by atoms with E-state index < -0.39 is 0 Å². The van der Waals surface area contributed by atoms with E-state index in [1.165, 1.54) is 18.8 Å². The summed E-state index contributed by atoms with van der Waals surface area (Å²) in [7, 11) is 0. The average molecular weight is 314 g/mol. The third-order valence-corrected chi connectivity index (χ3v) is 6.34. The molecule has 0 saturated carbocycles. The Kier molecular flexibility index (Phi) is 5.60. The zero-order valence-electron chi connectivity index (χ0n) is 14.0. The largest absolute Gasteiger partial charge is 0.341 e. The molecule has 4 nitrogen and oxygen atoms in total. The predicted molar refractivity (Wildman–Crippen MR) is 90.2 cm³/mol. The minimum absolute atomic E-state index is 0.137. The van der Waals surface area contributed by atoms with Gasteiger partial charge < -0.3 is 10.6 Å². The van der Waals surface area contributed by atoms with Crippen molar-refractivity contribution in [2.75, 3.05) is 31.9 Å². The standard InChI is InChI=1S/C16H31N3OS/c1-12(2)11-19-9-10-21-16(19)5-7-18(8-6-16)15(20)14(17)13(3)4/h12-14H,5-11,17H2,1-4H3/t14-/m0/s1. The summed E-state index contributed by atoms with van der Waals surface area (Å²) >= 11 is 2.10. The average Bonchev–Trinajstić information content (AvgIpc) is 2.80. The van der Waals surface area contributed by atoms with Crippen LogP contribution in [0.5, 0.6) is 0 Å². The van der Waals surface area contributed by atoms with Crippen molar-refractivity contribution >= 4 is 17.7 Å². The molecule has 0 aromatic carbocycles. The molecule has 2 rings (SSSR count). The Hall–Kier alpha value is -0.260. The van der Waals surface area contributed by atoms with Gasteiger partial charge in [-0.05, 0) is 24.7 Å². The van der Waals surface area contributed by atoms with Crippen LogP contribution in [0.15, 0.2) is 0 Å². The highest BCUT2D eigenvalue weighted by atomic mass is 32.2. The van der Waals surface area contributed by atoms with Crippen molar-refractivity contribution in [2.24, 2.45) is 17.6 Å². The van der Waals surface area contributed by atoms with Gasteiger partial charge in [-0.1, -0.05) is 27.7 Å². The molecular formula is C16H31N3OS. The zero-order valence-corrected chi connectivity index (χ0v) is 14.8. The molecule has 0 unspecified atom stereocenters. The van der Waals surface area contributed by atoms with Crippen LogP contribution in [0.2, 0.25) is 0 Å². The molecule has 21 heavy (non-hydrogen) atoms. The van der Waals surface area contributed by atoms with Crippen LogP contribution in [0.3, 0.4) is 0 Å². The minimum Gasteiger partial charge on any atom is -0.341 e. The van der Waals surface area contributed by atoms with Gasteiger partial charge >= 0.3 is 0 Å². The van der Waals surface area contributed by atoms with Crippen molar-refractivity contribution in [2.45, 2.75) is 51.4 Å². The van der Waals surface area contributed by atoms with Crippen molar-refractivity contribution in [3.05, 3.63) is 0 Å². The molecule has 1 spiro atoms. The topological polar surface area (TPSA) is 49.6 Å². The smallest absolute Gasteiger partial charge is 0.239 e. The van der Waals surface area contributed by atoms with E-state index >= 15 is 0 Å². The zero-order chi connectivity index (χ0) is 15.6. The molecule has 0 aromatic rings. The summed E-state index contributed by atoms with van der Waals surface area (Å²) in [6, 6.07) is -0.345. The predicted octanol–water partition coefficient (Wildman–Crippen LogP) is 1.99. The fourth-order valence-corrected chi connectivity index (χ4v) is 4.88. The highest BCUT2D eigenvalue weighted by Crippen LogP contribution is 2.44. The van der Waals surface area contributed by atoms with Gasteiger partial charge in [0.1, 0.15) is 0 Å². The summed E-state index contributed by atoms with van der Waals surface area (Å²) in [5, 5.41) is 0. The summed E-state index contributed by atoms with van der Waals surface area (Å²) in [6.07, 6.45) is 2.17. The van der Waals surface area contributed by atoms with Gasteiger partial charge in [-0.15, -0.1) is 11.8 Å². The Morgan fingerprint density at radius 1 is 1.19 bits per heavy atom. The monoisotopic (exact) mass is 313 g/mol. The van der Waals surface area contributed by atoms with E-state index in [4.69, 9.17) is 5.73 Å². The van der Waals surface area contributed by atoms with Crippen LogP contribution in [-0.4, -0.2) is 58.6 Å².